The summed E-state index contributed by atoms with van der Waals surface area (Å²) in [5.41, 5.74) is 2.43. The molecular weight excluding hydrogens is 276 g/mol. The second-order valence-electron chi connectivity index (χ2n) is 5.19. The van der Waals surface area contributed by atoms with Gasteiger partial charge in [-0.3, -0.25) is 4.79 Å². The Morgan fingerprint density at radius 1 is 1.00 bits per heavy atom. The molecule has 0 saturated carbocycles. The quantitative estimate of drug-likeness (QED) is 0.762. The van der Waals surface area contributed by atoms with Crippen LogP contribution < -0.4 is 0 Å². The predicted octanol–water partition coefficient (Wildman–Crippen LogP) is 3.78. The molecule has 0 aromatic heterocycles. The van der Waals surface area contributed by atoms with Crippen molar-refractivity contribution in [2.45, 2.75) is 26.2 Å². The molecule has 1 atom stereocenters. The Balaban J connectivity index is 2.04. The third kappa shape index (κ3) is 4.04. The Kier molecular flexibility index (Phi) is 5.48. The number of ether oxygens (including phenoxy) is 1. The summed E-state index contributed by atoms with van der Waals surface area (Å²) < 4.78 is 4.95. The zero-order valence-corrected chi connectivity index (χ0v) is 12.9. The van der Waals surface area contributed by atoms with Crippen LogP contribution >= 0.6 is 0 Å². The lowest BCUT2D eigenvalue weighted by Crippen LogP contribution is -2.12. The molecule has 0 aliphatic carbocycles. The van der Waals surface area contributed by atoms with Crippen LogP contribution in [0.15, 0.2) is 54.6 Å². The van der Waals surface area contributed by atoms with Crippen molar-refractivity contribution < 1.29 is 14.3 Å². The highest BCUT2D eigenvalue weighted by atomic mass is 16.5. The summed E-state index contributed by atoms with van der Waals surface area (Å²) in [7, 11) is 0. The fourth-order valence-electron chi connectivity index (χ4n) is 2.26. The van der Waals surface area contributed by atoms with Gasteiger partial charge in [-0.1, -0.05) is 49.4 Å². The molecule has 3 heteroatoms. The summed E-state index contributed by atoms with van der Waals surface area (Å²) in [6, 6.07) is 16.8. The fourth-order valence-corrected chi connectivity index (χ4v) is 2.26. The van der Waals surface area contributed by atoms with E-state index in [9.17, 15) is 9.59 Å². The van der Waals surface area contributed by atoms with Crippen LogP contribution in [0, 0.1) is 0 Å². The van der Waals surface area contributed by atoms with E-state index in [1.807, 2.05) is 49.4 Å². The number of hydrogen-bond donors (Lipinski definition) is 0. The van der Waals surface area contributed by atoms with E-state index < -0.39 is 0 Å². The largest absolute Gasteiger partial charge is 0.462 e. The number of benzene rings is 2. The van der Waals surface area contributed by atoms with Gasteiger partial charge in [0.05, 0.1) is 12.2 Å². The van der Waals surface area contributed by atoms with Crippen molar-refractivity contribution >= 4 is 11.8 Å². The van der Waals surface area contributed by atoms with Crippen LogP contribution in [-0.2, 0) is 16.0 Å². The van der Waals surface area contributed by atoms with Crippen LogP contribution in [0.2, 0.25) is 0 Å². The fraction of sp³-hybridized carbons (Fsp3) is 0.263. The molecule has 0 fully saturated rings. The number of ketones is 1. The van der Waals surface area contributed by atoms with Crippen molar-refractivity contribution in [3.63, 3.8) is 0 Å². The maximum atomic E-state index is 12.3. The number of rotatable bonds is 6. The average molecular weight is 296 g/mol. The summed E-state index contributed by atoms with van der Waals surface area (Å²) in [5.74, 6) is -0.371. The summed E-state index contributed by atoms with van der Waals surface area (Å²) in [6.45, 7) is 4.02. The van der Waals surface area contributed by atoms with Gasteiger partial charge in [-0.15, -0.1) is 0 Å². The first kappa shape index (κ1) is 16.0. The van der Waals surface area contributed by atoms with Crippen LogP contribution in [0.25, 0.3) is 0 Å². The first-order chi connectivity index (χ1) is 10.6. The molecule has 114 valence electrons. The molecule has 2 rings (SSSR count). The van der Waals surface area contributed by atoms with Gasteiger partial charge in [0.1, 0.15) is 5.78 Å². The normalized spacial score (nSPS) is 11.7. The molecule has 0 spiro atoms. The van der Waals surface area contributed by atoms with Gasteiger partial charge in [-0.25, -0.2) is 4.79 Å². The Hall–Kier alpha value is -2.42. The minimum absolute atomic E-state index is 0.162. The lowest BCUT2D eigenvalue weighted by atomic mass is 9.92. The minimum Gasteiger partial charge on any atom is -0.462 e. The van der Waals surface area contributed by atoms with Gasteiger partial charge in [0.2, 0.25) is 0 Å². The van der Waals surface area contributed by atoms with Gasteiger partial charge >= 0.3 is 5.97 Å². The van der Waals surface area contributed by atoms with E-state index in [4.69, 9.17) is 4.74 Å². The molecule has 0 unspecified atom stereocenters. The first-order valence-electron chi connectivity index (χ1n) is 7.45. The third-order valence-electron chi connectivity index (χ3n) is 3.63. The Labute approximate surface area is 130 Å². The molecule has 2 aromatic carbocycles. The first-order valence-corrected chi connectivity index (χ1v) is 7.45. The summed E-state index contributed by atoms with van der Waals surface area (Å²) in [5, 5.41) is 0. The molecule has 0 aliphatic heterocycles. The molecule has 22 heavy (non-hydrogen) atoms. The Bertz CT molecular complexity index is 629. The molecular formula is C19H20O3. The standard InChI is InChI=1S/C19H20O3/c1-3-22-19(21)17-11-9-16(10-12-17)14(2)18(20)13-15-7-5-4-6-8-15/h4-12,14H,3,13H2,1-2H3/t14-/m1/s1. The number of carbonyl (C=O) groups excluding carboxylic acids is 2. The molecule has 0 N–H and O–H groups in total. The van der Waals surface area contributed by atoms with E-state index in [0.717, 1.165) is 11.1 Å². The summed E-state index contributed by atoms with van der Waals surface area (Å²) in [6.07, 6.45) is 0.418. The van der Waals surface area contributed by atoms with Gasteiger partial charge in [0.25, 0.3) is 0 Å². The molecule has 0 heterocycles. The van der Waals surface area contributed by atoms with Crippen LogP contribution in [0.1, 0.15) is 41.3 Å². The zero-order valence-electron chi connectivity index (χ0n) is 12.9. The van der Waals surface area contributed by atoms with E-state index in [1.54, 1.807) is 19.1 Å². The lowest BCUT2D eigenvalue weighted by Gasteiger charge is -2.11. The number of carbonyl (C=O) groups is 2. The zero-order chi connectivity index (χ0) is 15.9. The van der Waals surface area contributed by atoms with E-state index >= 15 is 0 Å². The Morgan fingerprint density at radius 2 is 1.64 bits per heavy atom. The highest BCUT2D eigenvalue weighted by Gasteiger charge is 2.16. The van der Waals surface area contributed by atoms with Crippen LogP contribution in [0.3, 0.4) is 0 Å². The predicted molar refractivity (Wildman–Crippen MR) is 86.0 cm³/mol. The number of hydrogen-bond acceptors (Lipinski definition) is 3. The maximum absolute atomic E-state index is 12.3. The summed E-state index contributed by atoms with van der Waals surface area (Å²) >= 11 is 0. The Morgan fingerprint density at radius 3 is 2.23 bits per heavy atom. The second kappa shape index (κ2) is 7.55. The van der Waals surface area contributed by atoms with Crippen LogP contribution in [0.5, 0.6) is 0 Å². The molecule has 0 aliphatic rings. The van der Waals surface area contributed by atoms with Crippen molar-refractivity contribution in [2.75, 3.05) is 6.61 Å². The third-order valence-corrected chi connectivity index (χ3v) is 3.63. The van der Waals surface area contributed by atoms with Gasteiger partial charge in [0, 0.05) is 12.3 Å². The van der Waals surface area contributed by atoms with Gasteiger partial charge in [-0.05, 0) is 30.2 Å². The maximum Gasteiger partial charge on any atom is 0.338 e. The van der Waals surface area contributed by atoms with Crippen molar-refractivity contribution in [3.05, 3.63) is 71.3 Å². The van der Waals surface area contributed by atoms with E-state index in [2.05, 4.69) is 0 Å². The molecule has 0 bridgehead atoms. The smallest absolute Gasteiger partial charge is 0.338 e. The molecule has 0 saturated heterocycles. The molecule has 0 amide bonds. The van der Waals surface area contributed by atoms with Gasteiger partial charge in [-0.2, -0.15) is 0 Å². The van der Waals surface area contributed by atoms with E-state index in [-0.39, 0.29) is 17.7 Å². The molecule has 0 radical (unpaired) electrons. The lowest BCUT2D eigenvalue weighted by molar-refractivity contribution is -0.119. The van der Waals surface area contributed by atoms with Crippen molar-refractivity contribution in [3.8, 4) is 0 Å². The van der Waals surface area contributed by atoms with E-state index in [1.165, 1.54) is 0 Å². The van der Waals surface area contributed by atoms with Gasteiger partial charge < -0.3 is 4.74 Å². The highest BCUT2D eigenvalue weighted by Crippen LogP contribution is 2.19. The highest BCUT2D eigenvalue weighted by molar-refractivity contribution is 5.90. The molecule has 2 aromatic rings. The topological polar surface area (TPSA) is 43.4 Å². The van der Waals surface area contributed by atoms with Crippen molar-refractivity contribution in [2.24, 2.45) is 0 Å². The number of Topliss-reactive ketones (excluding diaryl/α,β-unsaturated/α-hetero) is 1. The molecule has 3 nitrogen and oxygen atoms in total. The second-order valence-corrected chi connectivity index (χ2v) is 5.19. The van der Waals surface area contributed by atoms with Crippen molar-refractivity contribution in [1.82, 2.24) is 0 Å². The van der Waals surface area contributed by atoms with Gasteiger partial charge in [0.15, 0.2) is 0 Å². The minimum atomic E-state index is -0.336. The number of esters is 1. The van der Waals surface area contributed by atoms with E-state index in [0.29, 0.717) is 18.6 Å². The monoisotopic (exact) mass is 296 g/mol. The van der Waals surface area contributed by atoms with Crippen LogP contribution in [0.4, 0.5) is 0 Å². The van der Waals surface area contributed by atoms with Crippen molar-refractivity contribution in [1.29, 1.82) is 0 Å². The average Bonchev–Trinajstić information content (AvgIpc) is 2.55. The summed E-state index contributed by atoms with van der Waals surface area (Å²) in [4.78, 5) is 24.0. The van der Waals surface area contributed by atoms with Crippen LogP contribution in [-0.4, -0.2) is 18.4 Å². The SMILES string of the molecule is CCOC(=O)c1ccc([C@@H](C)C(=O)Cc2ccccc2)cc1.